The molecule has 4 aromatic rings. The fourth-order valence-electron chi connectivity index (χ4n) is 3.26. The predicted molar refractivity (Wildman–Crippen MR) is 127 cm³/mol. The van der Waals surface area contributed by atoms with Crippen molar-refractivity contribution in [1.82, 2.24) is 19.5 Å². The molecule has 0 aliphatic heterocycles. The van der Waals surface area contributed by atoms with Gasteiger partial charge in [0.15, 0.2) is 23.1 Å². The zero-order valence-corrected chi connectivity index (χ0v) is 19.8. The number of rotatable bonds is 9. The molecule has 0 fully saturated rings. The number of Topliss-reactive ketones (excluding diaryl/α,β-unsaturated/α-hetero) is 1. The fraction of sp³-hybridized carbons (Fsp3) is 0.174. The molecule has 0 spiro atoms. The Morgan fingerprint density at radius 2 is 1.61 bits per heavy atom. The Kier molecular flexibility index (Phi) is 6.90. The van der Waals surface area contributed by atoms with Crippen molar-refractivity contribution in [3.05, 3.63) is 71.5 Å². The van der Waals surface area contributed by atoms with Crippen molar-refractivity contribution in [2.75, 3.05) is 27.1 Å². The minimum Gasteiger partial charge on any atom is -0.493 e. The van der Waals surface area contributed by atoms with Crippen LogP contribution in [0.3, 0.4) is 0 Å². The van der Waals surface area contributed by atoms with E-state index in [1.165, 1.54) is 11.8 Å². The molecule has 0 unspecified atom stereocenters. The van der Waals surface area contributed by atoms with Gasteiger partial charge in [-0.1, -0.05) is 23.4 Å². The maximum Gasteiger partial charge on any atom is 0.211 e. The zero-order chi connectivity index (χ0) is 23.4. The smallest absolute Gasteiger partial charge is 0.211 e. The van der Waals surface area contributed by atoms with Crippen molar-refractivity contribution in [1.29, 1.82) is 0 Å². The molecule has 0 radical (unpaired) electrons. The lowest BCUT2D eigenvalue weighted by molar-refractivity contribution is 0.102. The summed E-state index contributed by atoms with van der Waals surface area (Å²) in [6, 6.07) is 14.2. The standard InChI is InChI=1S/C23H21ClN4O4S/c1-30-19-12-16(13-20(31-2)21(19)32-3)22-25-26-23(28(22)27-10-4-5-11-27)33-14-18(29)15-6-8-17(24)9-7-15/h4-13H,14H2,1-3H3. The second-order valence-corrected chi connectivity index (χ2v) is 8.19. The van der Waals surface area contributed by atoms with E-state index in [1.807, 2.05) is 33.9 Å². The molecular weight excluding hydrogens is 464 g/mol. The van der Waals surface area contributed by atoms with Crippen LogP contribution in [0.15, 0.2) is 66.1 Å². The Morgan fingerprint density at radius 1 is 0.970 bits per heavy atom. The molecule has 33 heavy (non-hydrogen) atoms. The molecule has 2 aromatic heterocycles. The van der Waals surface area contributed by atoms with Gasteiger partial charge in [-0.3, -0.25) is 9.47 Å². The van der Waals surface area contributed by atoms with Crippen molar-refractivity contribution in [2.24, 2.45) is 0 Å². The van der Waals surface area contributed by atoms with E-state index in [9.17, 15) is 4.79 Å². The number of carbonyl (C=O) groups excluding carboxylic acids is 1. The first-order valence-electron chi connectivity index (χ1n) is 9.86. The van der Waals surface area contributed by atoms with Crippen LogP contribution < -0.4 is 14.2 Å². The number of nitrogens with zero attached hydrogens (tertiary/aromatic N) is 4. The van der Waals surface area contributed by atoms with Gasteiger partial charge in [0, 0.05) is 28.5 Å². The highest BCUT2D eigenvalue weighted by Gasteiger charge is 2.21. The van der Waals surface area contributed by atoms with Gasteiger partial charge in [0.05, 0.1) is 27.1 Å². The number of hydrogen-bond donors (Lipinski definition) is 0. The highest BCUT2D eigenvalue weighted by atomic mass is 35.5. The minimum absolute atomic E-state index is 0.0342. The number of benzene rings is 2. The van der Waals surface area contributed by atoms with Gasteiger partial charge >= 0.3 is 0 Å². The number of ketones is 1. The lowest BCUT2D eigenvalue weighted by Gasteiger charge is -2.15. The lowest BCUT2D eigenvalue weighted by atomic mass is 10.1. The third kappa shape index (κ3) is 4.69. The summed E-state index contributed by atoms with van der Waals surface area (Å²) >= 11 is 7.22. The second-order valence-electron chi connectivity index (χ2n) is 6.81. The van der Waals surface area contributed by atoms with Crippen LogP contribution in [0.2, 0.25) is 5.02 Å². The number of carbonyl (C=O) groups is 1. The summed E-state index contributed by atoms with van der Waals surface area (Å²) in [7, 11) is 4.66. The lowest BCUT2D eigenvalue weighted by Crippen LogP contribution is -2.11. The van der Waals surface area contributed by atoms with E-state index < -0.39 is 0 Å². The Bertz CT molecular complexity index is 1230. The highest BCUT2D eigenvalue weighted by molar-refractivity contribution is 7.99. The second kappa shape index (κ2) is 10.0. The molecule has 0 amide bonds. The van der Waals surface area contributed by atoms with Crippen LogP contribution in [-0.2, 0) is 0 Å². The Balaban J connectivity index is 1.71. The molecule has 2 aromatic carbocycles. The van der Waals surface area contributed by atoms with Crippen molar-refractivity contribution < 1.29 is 19.0 Å². The number of aromatic nitrogens is 4. The number of halogens is 1. The van der Waals surface area contributed by atoms with Gasteiger partial charge in [-0.05, 0) is 48.5 Å². The molecule has 0 atom stereocenters. The van der Waals surface area contributed by atoms with E-state index in [-0.39, 0.29) is 11.5 Å². The molecule has 170 valence electrons. The normalized spacial score (nSPS) is 10.8. The van der Waals surface area contributed by atoms with Crippen LogP contribution in [-0.4, -0.2) is 52.4 Å². The van der Waals surface area contributed by atoms with Crippen molar-refractivity contribution >= 4 is 29.1 Å². The fourth-order valence-corrected chi connectivity index (χ4v) is 4.22. The predicted octanol–water partition coefficient (Wildman–Crippen LogP) is 4.71. The summed E-state index contributed by atoms with van der Waals surface area (Å²) in [5.41, 5.74) is 1.30. The summed E-state index contributed by atoms with van der Waals surface area (Å²) in [5, 5.41) is 9.89. The van der Waals surface area contributed by atoms with Crippen LogP contribution in [0.1, 0.15) is 10.4 Å². The van der Waals surface area contributed by atoms with Crippen LogP contribution >= 0.6 is 23.4 Å². The monoisotopic (exact) mass is 484 g/mol. The van der Waals surface area contributed by atoms with E-state index in [0.717, 1.165) is 0 Å². The van der Waals surface area contributed by atoms with E-state index in [1.54, 1.807) is 57.7 Å². The van der Waals surface area contributed by atoms with Crippen molar-refractivity contribution in [3.63, 3.8) is 0 Å². The van der Waals surface area contributed by atoms with Crippen LogP contribution in [0.25, 0.3) is 11.4 Å². The molecule has 10 heteroatoms. The van der Waals surface area contributed by atoms with E-state index in [0.29, 0.717) is 44.4 Å². The van der Waals surface area contributed by atoms with Gasteiger partial charge in [0.25, 0.3) is 0 Å². The number of hydrogen-bond acceptors (Lipinski definition) is 7. The van der Waals surface area contributed by atoms with Crippen LogP contribution in [0.5, 0.6) is 17.2 Å². The van der Waals surface area contributed by atoms with Gasteiger partial charge in [0.1, 0.15) is 0 Å². The zero-order valence-electron chi connectivity index (χ0n) is 18.2. The van der Waals surface area contributed by atoms with Gasteiger partial charge in [-0.15, -0.1) is 10.2 Å². The topological polar surface area (TPSA) is 80.4 Å². The number of ether oxygens (including phenoxy) is 3. The van der Waals surface area contributed by atoms with Crippen LogP contribution in [0.4, 0.5) is 0 Å². The maximum absolute atomic E-state index is 12.7. The summed E-state index contributed by atoms with van der Waals surface area (Å²) in [5.74, 6) is 2.19. The van der Waals surface area contributed by atoms with Gasteiger partial charge in [0.2, 0.25) is 10.9 Å². The Hall–Kier alpha value is -3.43. The average Bonchev–Trinajstić information content (AvgIpc) is 3.51. The Morgan fingerprint density at radius 3 is 2.18 bits per heavy atom. The van der Waals surface area contributed by atoms with E-state index >= 15 is 0 Å². The Labute approximate surface area is 200 Å². The molecule has 0 saturated heterocycles. The van der Waals surface area contributed by atoms with Crippen molar-refractivity contribution in [2.45, 2.75) is 5.16 Å². The average molecular weight is 485 g/mol. The maximum atomic E-state index is 12.7. The molecule has 0 aliphatic rings. The molecular formula is C23H21ClN4O4S. The SMILES string of the molecule is COc1cc(-c2nnc(SCC(=O)c3ccc(Cl)cc3)n2-n2cccc2)cc(OC)c1OC. The first-order valence-corrected chi connectivity index (χ1v) is 11.2. The number of thioether (sulfide) groups is 1. The summed E-state index contributed by atoms with van der Waals surface area (Å²) in [4.78, 5) is 12.7. The molecule has 0 saturated carbocycles. The molecule has 0 aliphatic carbocycles. The van der Waals surface area contributed by atoms with Gasteiger partial charge < -0.3 is 14.2 Å². The minimum atomic E-state index is -0.0342. The molecule has 4 rings (SSSR count). The third-order valence-corrected chi connectivity index (χ3v) is 6.02. The summed E-state index contributed by atoms with van der Waals surface area (Å²) in [6.07, 6.45) is 3.74. The van der Waals surface area contributed by atoms with E-state index in [4.69, 9.17) is 25.8 Å². The van der Waals surface area contributed by atoms with Crippen LogP contribution in [0, 0.1) is 0 Å². The van der Waals surface area contributed by atoms with Crippen molar-refractivity contribution in [3.8, 4) is 28.6 Å². The summed E-state index contributed by atoms with van der Waals surface area (Å²) < 4.78 is 20.1. The van der Waals surface area contributed by atoms with E-state index in [2.05, 4.69) is 10.2 Å². The highest BCUT2D eigenvalue weighted by Crippen LogP contribution is 2.41. The summed E-state index contributed by atoms with van der Waals surface area (Å²) in [6.45, 7) is 0. The molecule has 0 N–H and O–H groups in total. The largest absolute Gasteiger partial charge is 0.493 e. The number of methoxy groups -OCH3 is 3. The molecule has 2 heterocycles. The van der Waals surface area contributed by atoms with Gasteiger partial charge in [-0.25, -0.2) is 4.68 Å². The molecule has 8 nitrogen and oxygen atoms in total. The first kappa shape index (κ1) is 22.8. The quantitative estimate of drug-likeness (QED) is 0.251. The first-order chi connectivity index (χ1) is 16.0. The van der Waals surface area contributed by atoms with Gasteiger partial charge in [-0.2, -0.15) is 0 Å². The third-order valence-electron chi connectivity index (χ3n) is 4.85. The molecule has 0 bridgehead atoms.